The van der Waals surface area contributed by atoms with Crippen LogP contribution in [0.2, 0.25) is 0 Å². The number of hydrogen-bond acceptors (Lipinski definition) is 2. The van der Waals surface area contributed by atoms with Crippen molar-refractivity contribution in [1.82, 2.24) is 4.90 Å². The molecular weight excluding hydrogens is 346 g/mol. The van der Waals surface area contributed by atoms with Crippen LogP contribution in [0.5, 0.6) is 0 Å². The summed E-state index contributed by atoms with van der Waals surface area (Å²) < 4.78 is 0. The molecule has 2 heteroatoms. The van der Waals surface area contributed by atoms with Crippen molar-refractivity contribution in [2.75, 3.05) is 0 Å². The van der Waals surface area contributed by atoms with E-state index in [0.29, 0.717) is 0 Å². The Kier molecular flexibility index (Phi) is 6.39. The van der Waals surface area contributed by atoms with Gasteiger partial charge in [0.25, 0.3) is 0 Å². The SMILES string of the molecule is c1ccc(CCC[C@@H]2CC[C@H]2N(Cc2ccccc2)Cc2cccs2)cc1. The minimum atomic E-state index is 0.739. The van der Waals surface area contributed by atoms with E-state index in [1.165, 1.54) is 48.1 Å². The molecule has 0 N–H and O–H groups in total. The molecule has 2 aromatic carbocycles. The van der Waals surface area contributed by atoms with E-state index in [4.69, 9.17) is 0 Å². The van der Waals surface area contributed by atoms with E-state index >= 15 is 0 Å². The molecule has 1 nitrogen and oxygen atoms in total. The second-order valence-corrected chi connectivity index (χ2v) is 8.78. The Labute approximate surface area is 167 Å². The predicted octanol–water partition coefficient (Wildman–Crippen LogP) is 6.55. The minimum Gasteiger partial charge on any atom is -0.291 e. The van der Waals surface area contributed by atoms with Crippen molar-refractivity contribution in [2.45, 2.75) is 51.2 Å². The van der Waals surface area contributed by atoms with E-state index in [0.717, 1.165) is 25.0 Å². The number of aryl methyl sites for hydroxylation is 1. The van der Waals surface area contributed by atoms with Crippen LogP contribution in [0.3, 0.4) is 0 Å². The monoisotopic (exact) mass is 375 g/mol. The highest BCUT2D eigenvalue weighted by Crippen LogP contribution is 2.37. The Morgan fingerprint density at radius 1 is 0.778 bits per heavy atom. The first-order chi connectivity index (χ1) is 13.4. The van der Waals surface area contributed by atoms with Crippen molar-refractivity contribution >= 4 is 11.3 Å². The molecule has 1 fully saturated rings. The van der Waals surface area contributed by atoms with E-state index in [1.807, 2.05) is 11.3 Å². The van der Waals surface area contributed by atoms with Crippen molar-refractivity contribution in [2.24, 2.45) is 5.92 Å². The molecule has 4 rings (SSSR count). The molecule has 1 saturated carbocycles. The summed E-state index contributed by atoms with van der Waals surface area (Å²) in [4.78, 5) is 4.22. The number of hydrogen-bond donors (Lipinski definition) is 0. The van der Waals surface area contributed by atoms with Crippen molar-refractivity contribution in [3.63, 3.8) is 0 Å². The molecule has 0 amide bonds. The van der Waals surface area contributed by atoms with Crippen LogP contribution < -0.4 is 0 Å². The summed E-state index contributed by atoms with van der Waals surface area (Å²) in [7, 11) is 0. The molecule has 140 valence electrons. The Morgan fingerprint density at radius 2 is 1.52 bits per heavy atom. The summed E-state index contributed by atoms with van der Waals surface area (Å²) >= 11 is 1.89. The molecule has 1 heterocycles. The summed E-state index contributed by atoms with van der Waals surface area (Å²) in [6.45, 7) is 2.16. The molecule has 27 heavy (non-hydrogen) atoms. The average molecular weight is 376 g/mol. The first kappa shape index (κ1) is 18.5. The third-order valence-electron chi connectivity index (χ3n) is 5.90. The van der Waals surface area contributed by atoms with Gasteiger partial charge in [0.05, 0.1) is 0 Å². The maximum Gasteiger partial charge on any atom is 0.0334 e. The van der Waals surface area contributed by atoms with Crippen molar-refractivity contribution in [3.8, 4) is 0 Å². The van der Waals surface area contributed by atoms with Crippen LogP contribution >= 0.6 is 11.3 Å². The summed E-state index contributed by atoms with van der Waals surface area (Å²) in [6.07, 6.45) is 6.63. The van der Waals surface area contributed by atoms with Gasteiger partial charge in [-0.3, -0.25) is 4.90 Å². The fourth-order valence-corrected chi connectivity index (χ4v) is 5.02. The van der Waals surface area contributed by atoms with Gasteiger partial charge in [-0.15, -0.1) is 11.3 Å². The van der Waals surface area contributed by atoms with Crippen molar-refractivity contribution in [1.29, 1.82) is 0 Å². The second-order valence-electron chi connectivity index (χ2n) is 7.75. The van der Waals surface area contributed by atoms with Gasteiger partial charge < -0.3 is 0 Å². The van der Waals surface area contributed by atoms with Gasteiger partial charge in [0.15, 0.2) is 0 Å². The standard InChI is InChI=1S/C25H29NS/c1-3-9-21(10-4-1)13-7-14-23-16-17-25(23)26(20-24-15-8-18-27-24)19-22-11-5-2-6-12-22/h1-6,8-12,15,18,23,25H,7,13-14,16-17,19-20H2/t23-,25-/m1/s1. The van der Waals surface area contributed by atoms with Crippen LogP contribution in [0, 0.1) is 5.92 Å². The van der Waals surface area contributed by atoms with Gasteiger partial charge >= 0.3 is 0 Å². The molecule has 3 aromatic rings. The van der Waals surface area contributed by atoms with E-state index in [-0.39, 0.29) is 0 Å². The molecule has 0 aliphatic heterocycles. The van der Waals surface area contributed by atoms with E-state index in [9.17, 15) is 0 Å². The van der Waals surface area contributed by atoms with Crippen LogP contribution in [-0.2, 0) is 19.5 Å². The molecule has 1 aliphatic carbocycles. The zero-order valence-electron chi connectivity index (χ0n) is 16.0. The zero-order chi connectivity index (χ0) is 18.3. The highest BCUT2D eigenvalue weighted by molar-refractivity contribution is 7.09. The summed E-state index contributed by atoms with van der Waals surface area (Å²) in [5, 5.41) is 2.20. The lowest BCUT2D eigenvalue weighted by atomic mass is 9.75. The maximum atomic E-state index is 2.73. The van der Waals surface area contributed by atoms with Crippen LogP contribution in [0.1, 0.15) is 41.7 Å². The van der Waals surface area contributed by atoms with Gasteiger partial charge in [0, 0.05) is 24.0 Å². The lowest BCUT2D eigenvalue weighted by Crippen LogP contribution is -2.46. The smallest absolute Gasteiger partial charge is 0.0334 e. The lowest BCUT2D eigenvalue weighted by Gasteiger charge is -2.45. The molecule has 0 bridgehead atoms. The van der Waals surface area contributed by atoms with Gasteiger partial charge in [0.1, 0.15) is 0 Å². The third kappa shape index (κ3) is 5.09. The van der Waals surface area contributed by atoms with Crippen LogP contribution in [0.25, 0.3) is 0 Å². The summed E-state index contributed by atoms with van der Waals surface area (Å²) in [5.74, 6) is 0.859. The fraction of sp³-hybridized carbons (Fsp3) is 0.360. The number of benzene rings is 2. The topological polar surface area (TPSA) is 3.24 Å². The van der Waals surface area contributed by atoms with Gasteiger partial charge in [-0.2, -0.15) is 0 Å². The number of rotatable bonds is 9. The number of nitrogens with zero attached hydrogens (tertiary/aromatic N) is 1. The molecule has 0 radical (unpaired) electrons. The van der Waals surface area contributed by atoms with Gasteiger partial charge in [-0.25, -0.2) is 0 Å². The largest absolute Gasteiger partial charge is 0.291 e. The van der Waals surface area contributed by atoms with Gasteiger partial charge in [-0.1, -0.05) is 66.7 Å². The second kappa shape index (κ2) is 9.34. The predicted molar refractivity (Wildman–Crippen MR) is 116 cm³/mol. The van der Waals surface area contributed by atoms with Crippen molar-refractivity contribution < 1.29 is 0 Å². The quantitative estimate of drug-likeness (QED) is 0.410. The van der Waals surface area contributed by atoms with Crippen molar-refractivity contribution in [3.05, 3.63) is 94.2 Å². The Hall–Kier alpha value is -1.90. The van der Waals surface area contributed by atoms with Gasteiger partial charge in [0.2, 0.25) is 0 Å². The fourth-order valence-electron chi connectivity index (χ4n) is 4.29. The Bertz CT molecular complexity index is 782. The molecular formula is C25H29NS. The first-order valence-corrected chi connectivity index (χ1v) is 11.1. The third-order valence-corrected chi connectivity index (χ3v) is 6.76. The minimum absolute atomic E-state index is 0.739. The van der Waals surface area contributed by atoms with Gasteiger partial charge in [-0.05, 0) is 60.6 Å². The lowest BCUT2D eigenvalue weighted by molar-refractivity contribution is 0.0439. The van der Waals surface area contributed by atoms with E-state index in [2.05, 4.69) is 83.1 Å². The van der Waals surface area contributed by atoms with E-state index < -0.39 is 0 Å². The number of thiophene rings is 1. The zero-order valence-corrected chi connectivity index (χ0v) is 16.8. The normalized spacial score (nSPS) is 19.1. The molecule has 0 unspecified atom stereocenters. The van der Waals surface area contributed by atoms with Crippen LogP contribution in [-0.4, -0.2) is 10.9 Å². The Morgan fingerprint density at radius 3 is 2.15 bits per heavy atom. The van der Waals surface area contributed by atoms with Crippen LogP contribution in [0.4, 0.5) is 0 Å². The maximum absolute atomic E-state index is 2.73. The van der Waals surface area contributed by atoms with Crippen LogP contribution in [0.15, 0.2) is 78.2 Å². The summed E-state index contributed by atoms with van der Waals surface area (Å²) in [5.41, 5.74) is 2.91. The molecule has 1 aromatic heterocycles. The molecule has 0 saturated heterocycles. The Balaban J connectivity index is 1.36. The molecule has 2 atom stereocenters. The average Bonchev–Trinajstić information content (AvgIpc) is 3.19. The van der Waals surface area contributed by atoms with E-state index in [1.54, 1.807) is 0 Å². The molecule has 0 spiro atoms. The summed E-state index contributed by atoms with van der Waals surface area (Å²) in [6, 6.07) is 27.1. The molecule has 1 aliphatic rings. The highest BCUT2D eigenvalue weighted by atomic mass is 32.1. The highest BCUT2D eigenvalue weighted by Gasteiger charge is 2.35. The first-order valence-electron chi connectivity index (χ1n) is 10.2.